The molecule has 39 heavy (non-hydrogen) atoms. The first-order valence-corrected chi connectivity index (χ1v) is 20.1. The van der Waals surface area contributed by atoms with Crippen LogP contribution >= 0.6 is 15.8 Å². The van der Waals surface area contributed by atoms with E-state index >= 15 is 0 Å². The molecule has 0 aromatic heterocycles. The van der Waals surface area contributed by atoms with Crippen molar-refractivity contribution in [2.24, 2.45) is 0 Å². The van der Waals surface area contributed by atoms with Gasteiger partial charge in [-0.2, -0.15) is 0 Å². The average Bonchev–Trinajstić information content (AvgIpc) is 3.01. The highest BCUT2D eigenvalue weighted by Crippen LogP contribution is 2.57. The predicted molar refractivity (Wildman–Crippen MR) is 176 cm³/mol. The van der Waals surface area contributed by atoms with Gasteiger partial charge in [-0.25, -0.2) is 0 Å². The van der Waals surface area contributed by atoms with Crippen molar-refractivity contribution in [1.29, 1.82) is 0 Å². The lowest BCUT2D eigenvalue weighted by molar-refractivity contribution is 0.487. The quantitative estimate of drug-likeness (QED) is 0.282. The Morgan fingerprint density at radius 2 is 0.667 bits per heavy atom. The normalized spacial score (nSPS) is 23.0. The highest BCUT2D eigenvalue weighted by molar-refractivity contribution is 7.67. The molecule has 0 amide bonds. The lowest BCUT2D eigenvalue weighted by Crippen LogP contribution is -2.29. The molecule has 4 fully saturated rings. The molecule has 0 N–H and O–H groups in total. The second-order valence-corrected chi connectivity index (χ2v) is 18.9. The van der Waals surface area contributed by atoms with Crippen molar-refractivity contribution in [2.75, 3.05) is 0 Å². The molecule has 2 aromatic rings. The first-order valence-electron chi connectivity index (χ1n) is 17.1. The zero-order valence-electron chi connectivity index (χ0n) is 24.7. The molecule has 0 spiro atoms. The van der Waals surface area contributed by atoms with Crippen molar-refractivity contribution in [3.8, 4) is 0 Å². The molecule has 6 rings (SSSR count). The fourth-order valence-electron chi connectivity index (χ4n) is 8.85. The summed E-state index contributed by atoms with van der Waals surface area (Å²) in [6, 6.07) is 19.8. The van der Waals surface area contributed by atoms with Gasteiger partial charge in [-0.1, -0.05) is 141 Å². The van der Waals surface area contributed by atoms with Gasteiger partial charge in [0.2, 0.25) is 0 Å². The third kappa shape index (κ3) is 7.03. The Labute approximate surface area is 243 Å². The van der Waals surface area contributed by atoms with Gasteiger partial charge in [-0.3, -0.25) is 0 Å². The Morgan fingerprint density at radius 3 is 0.974 bits per heavy atom. The second kappa shape index (κ2) is 14.5. The molecule has 2 aromatic carbocycles. The van der Waals surface area contributed by atoms with E-state index in [0.29, 0.717) is 0 Å². The van der Waals surface area contributed by atoms with Gasteiger partial charge in [0.05, 0.1) is 0 Å². The molecule has 0 bridgehead atoms. The molecule has 2 heteroatoms. The lowest BCUT2D eigenvalue weighted by atomic mass is 9.99. The van der Waals surface area contributed by atoms with Crippen molar-refractivity contribution in [1.82, 2.24) is 0 Å². The fraction of sp³-hybridized carbons (Fsp3) is 0.676. The van der Waals surface area contributed by atoms with Gasteiger partial charge in [-0.15, -0.1) is 0 Å². The van der Waals surface area contributed by atoms with E-state index in [-0.39, 0.29) is 15.8 Å². The van der Waals surface area contributed by atoms with Crippen LogP contribution < -0.4 is 10.6 Å². The number of benzene rings is 2. The molecule has 4 aliphatic carbocycles. The van der Waals surface area contributed by atoms with Gasteiger partial charge < -0.3 is 0 Å². The van der Waals surface area contributed by atoms with Crippen molar-refractivity contribution in [3.63, 3.8) is 0 Å². The SMILES string of the molecule is c1ccc(P(C2CCCCC2)C2CCCCC2)c(Cc2ccccc2P(C2CCCCC2)C2CCCCC2)c1. The molecule has 0 heterocycles. The minimum Gasteiger partial charge on any atom is -0.0686 e. The minimum absolute atomic E-state index is 0.0530. The van der Waals surface area contributed by atoms with Crippen LogP contribution in [-0.4, -0.2) is 22.6 Å². The van der Waals surface area contributed by atoms with Crippen LogP contribution in [0.5, 0.6) is 0 Å². The zero-order chi connectivity index (χ0) is 26.3. The third-order valence-corrected chi connectivity index (χ3v) is 18.0. The zero-order valence-corrected chi connectivity index (χ0v) is 26.5. The Hall–Kier alpha value is -0.700. The first kappa shape index (κ1) is 28.4. The molecule has 4 aliphatic rings. The van der Waals surface area contributed by atoms with E-state index in [2.05, 4.69) is 48.5 Å². The second-order valence-electron chi connectivity index (χ2n) is 13.4. The third-order valence-electron chi connectivity index (χ3n) is 10.8. The van der Waals surface area contributed by atoms with Crippen molar-refractivity contribution in [3.05, 3.63) is 59.7 Å². The number of hydrogen-bond donors (Lipinski definition) is 0. The van der Waals surface area contributed by atoms with Crippen LogP contribution in [0.4, 0.5) is 0 Å². The van der Waals surface area contributed by atoms with E-state index < -0.39 is 0 Å². The summed E-state index contributed by atoms with van der Waals surface area (Å²) in [7, 11) is -0.106. The maximum Gasteiger partial charge on any atom is -0.00131 e. The maximum atomic E-state index is 2.61. The molecule has 0 nitrogen and oxygen atoms in total. The molecule has 0 aliphatic heterocycles. The van der Waals surface area contributed by atoms with E-state index in [0.717, 1.165) is 22.6 Å². The Bertz CT molecular complexity index is 888. The van der Waals surface area contributed by atoms with Crippen LogP contribution in [0.1, 0.15) is 140 Å². The van der Waals surface area contributed by atoms with Crippen molar-refractivity contribution >= 4 is 26.5 Å². The average molecular weight is 561 g/mol. The van der Waals surface area contributed by atoms with Gasteiger partial charge >= 0.3 is 0 Å². The summed E-state index contributed by atoms with van der Waals surface area (Å²) in [6.07, 6.45) is 31.0. The molecule has 0 atom stereocenters. The lowest BCUT2D eigenvalue weighted by Gasteiger charge is -2.40. The van der Waals surface area contributed by atoms with Crippen molar-refractivity contribution < 1.29 is 0 Å². The molecule has 0 radical (unpaired) electrons. The Balaban J connectivity index is 1.34. The molecule has 4 saturated carbocycles. The fourth-order valence-corrected chi connectivity index (χ4v) is 16.8. The maximum absolute atomic E-state index is 2.61. The number of rotatable bonds is 8. The van der Waals surface area contributed by atoms with E-state index in [1.54, 1.807) is 11.1 Å². The van der Waals surface area contributed by atoms with E-state index in [1.807, 2.05) is 10.6 Å². The van der Waals surface area contributed by atoms with Gasteiger partial charge in [-0.05, 0) is 102 Å². The molecule has 0 unspecified atom stereocenters. The highest BCUT2D eigenvalue weighted by Gasteiger charge is 2.35. The largest absolute Gasteiger partial charge is 0.0686 e. The van der Waals surface area contributed by atoms with Crippen LogP contribution in [0.3, 0.4) is 0 Å². The van der Waals surface area contributed by atoms with Crippen LogP contribution in [0.15, 0.2) is 48.5 Å². The van der Waals surface area contributed by atoms with Crippen molar-refractivity contribution in [2.45, 2.75) is 157 Å². The molecular weight excluding hydrogens is 506 g/mol. The van der Waals surface area contributed by atoms with Crippen LogP contribution in [0.25, 0.3) is 0 Å². The van der Waals surface area contributed by atoms with Gasteiger partial charge in [0.1, 0.15) is 0 Å². The van der Waals surface area contributed by atoms with E-state index in [1.165, 1.54) is 135 Å². The Kier molecular flexibility index (Phi) is 10.5. The molecule has 212 valence electrons. The molecule has 0 saturated heterocycles. The summed E-state index contributed by atoms with van der Waals surface area (Å²) in [5.74, 6) is 0. The van der Waals surface area contributed by atoms with Gasteiger partial charge in [0.15, 0.2) is 0 Å². The standard InChI is InChI=1S/C37H54P2/c1-5-19-32(20-6-1)38(33-21-7-2-8-22-33)36-27-15-13-17-30(36)29-31-18-14-16-28-37(31)39(34-23-9-3-10-24-34)35-25-11-4-12-26-35/h13-18,27-28,32-35H,1-12,19-26,29H2. The summed E-state index contributed by atoms with van der Waals surface area (Å²) >= 11 is 0. The molecular formula is C37H54P2. The van der Waals surface area contributed by atoms with Crippen LogP contribution in [0.2, 0.25) is 0 Å². The Morgan fingerprint density at radius 1 is 0.385 bits per heavy atom. The van der Waals surface area contributed by atoms with Gasteiger partial charge in [0.25, 0.3) is 0 Å². The summed E-state index contributed by atoms with van der Waals surface area (Å²) in [5.41, 5.74) is 7.33. The summed E-state index contributed by atoms with van der Waals surface area (Å²) in [5, 5.41) is 3.64. The van der Waals surface area contributed by atoms with E-state index in [4.69, 9.17) is 0 Å². The van der Waals surface area contributed by atoms with Crippen LogP contribution in [0, 0.1) is 0 Å². The topological polar surface area (TPSA) is 0 Å². The van der Waals surface area contributed by atoms with Crippen LogP contribution in [-0.2, 0) is 6.42 Å². The smallest absolute Gasteiger partial charge is 0.00131 e. The number of hydrogen-bond acceptors (Lipinski definition) is 0. The van der Waals surface area contributed by atoms with Gasteiger partial charge in [0, 0.05) is 0 Å². The highest BCUT2D eigenvalue weighted by atomic mass is 31.1. The first-order chi connectivity index (χ1) is 19.4. The minimum atomic E-state index is -0.0530. The monoisotopic (exact) mass is 560 g/mol. The summed E-state index contributed by atoms with van der Waals surface area (Å²) in [6.45, 7) is 0. The predicted octanol–water partition coefficient (Wildman–Crippen LogP) is 10.8. The van der Waals surface area contributed by atoms with E-state index in [9.17, 15) is 0 Å². The summed E-state index contributed by atoms with van der Waals surface area (Å²) in [4.78, 5) is 0. The summed E-state index contributed by atoms with van der Waals surface area (Å²) < 4.78 is 0.